The van der Waals surface area contributed by atoms with Crippen LogP contribution < -0.4 is 0 Å². The minimum Gasteiger partial charge on any atom is -0.293 e. The van der Waals surface area contributed by atoms with E-state index in [-0.39, 0.29) is 0 Å². The highest BCUT2D eigenvalue weighted by Gasteiger charge is 2.08. The summed E-state index contributed by atoms with van der Waals surface area (Å²) < 4.78 is 2.90. The van der Waals surface area contributed by atoms with Crippen LogP contribution in [0.2, 0.25) is 0 Å². The Labute approximate surface area is 88.6 Å². The number of hydrogen-bond acceptors (Lipinski definition) is 3. The van der Waals surface area contributed by atoms with Crippen molar-refractivity contribution in [2.24, 2.45) is 0 Å². The largest absolute Gasteiger partial charge is 0.293 e. The minimum absolute atomic E-state index is 0.815. The molecule has 0 atom stereocenters. The molecule has 0 unspecified atom stereocenters. The molecule has 0 aliphatic rings. The maximum Gasteiger partial charge on any atom is 0.217 e. The highest BCUT2D eigenvalue weighted by molar-refractivity contribution is 9.11. The van der Waals surface area contributed by atoms with E-state index in [2.05, 4.69) is 56.7 Å². The van der Waals surface area contributed by atoms with Crippen LogP contribution in [-0.2, 0) is 0 Å². The summed E-state index contributed by atoms with van der Waals surface area (Å²) >= 11 is 4.83. The van der Waals surface area contributed by atoms with Gasteiger partial charge in [0.1, 0.15) is 0 Å². The Morgan fingerprint density at radius 1 is 1.23 bits per heavy atom. The van der Waals surface area contributed by atoms with Crippen molar-refractivity contribution >= 4 is 27.3 Å². The van der Waals surface area contributed by atoms with Crippen molar-refractivity contribution in [2.75, 3.05) is 0 Å². The molecule has 0 spiro atoms. The van der Waals surface area contributed by atoms with Crippen LogP contribution in [0.15, 0.2) is 16.0 Å². The molecule has 2 aromatic heterocycles. The first-order valence-electron chi connectivity index (χ1n) is 3.83. The lowest BCUT2D eigenvalue weighted by molar-refractivity contribution is 0.909. The third-order valence-electron chi connectivity index (χ3n) is 1.85. The first-order valence-corrected chi connectivity index (χ1v) is 5.44. The molecule has 0 amide bonds. The van der Waals surface area contributed by atoms with Gasteiger partial charge in [-0.2, -0.15) is 0 Å². The van der Waals surface area contributed by atoms with E-state index in [1.165, 1.54) is 22.7 Å². The van der Waals surface area contributed by atoms with Crippen LogP contribution in [0.4, 0.5) is 0 Å². The van der Waals surface area contributed by atoms with Gasteiger partial charge in [0, 0.05) is 11.4 Å². The third-order valence-corrected chi connectivity index (χ3v) is 3.19. The van der Waals surface area contributed by atoms with Crippen molar-refractivity contribution in [1.29, 1.82) is 0 Å². The Kier molecular flexibility index (Phi) is 2.21. The lowest BCUT2D eigenvalue weighted by atomic mass is 10.5. The maximum atomic E-state index is 4.06. The monoisotopic (exact) mass is 257 g/mol. The molecule has 0 bridgehead atoms. The van der Waals surface area contributed by atoms with E-state index in [1.807, 2.05) is 0 Å². The summed E-state index contributed by atoms with van der Waals surface area (Å²) in [6.07, 6.45) is 0. The summed E-state index contributed by atoms with van der Waals surface area (Å²) in [7, 11) is 0. The minimum atomic E-state index is 0.815. The zero-order valence-corrected chi connectivity index (χ0v) is 9.69. The first-order chi connectivity index (χ1) is 6.18. The van der Waals surface area contributed by atoms with Crippen LogP contribution in [0.1, 0.15) is 11.4 Å². The molecular weight excluding hydrogens is 250 g/mol. The molecule has 0 N–H and O–H groups in total. The van der Waals surface area contributed by atoms with Gasteiger partial charge in [-0.15, -0.1) is 10.2 Å². The van der Waals surface area contributed by atoms with E-state index in [9.17, 15) is 0 Å². The molecule has 0 fully saturated rings. The van der Waals surface area contributed by atoms with Gasteiger partial charge < -0.3 is 0 Å². The van der Waals surface area contributed by atoms with Crippen LogP contribution in [0.3, 0.4) is 0 Å². The zero-order chi connectivity index (χ0) is 9.42. The van der Waals surface area contributed by atoms with E-state index in [0.717, 1.165) is 9.05 Å². The van der Waals surface area contributed by atoms with Crippen molar-refractivity contribution in [3.63, 3.8) is 0 Å². The summed E-state index contributed by atoms with van der Waals surface area (Å²) in [5, 5.41) is 8.89. The van der Waals surface area contributed by atoms with Gasteiger partial charge in [-0.05, 0) is 41.9 Å². The number of aromatic nitrogens is 3. The smallest absolute Gasteiger partial charge is 0.217 e. The van der Waals surface area contributed by atoms with Crippen molar-refractivity contribution in [2.45, 2.75) is 13.8 Å². The molecular formula is C8H8BrN3S. The van der Waals surface area contributed by atoms with Crippen molar-refractivity contribution in [1.82, 2.24) is 14.8 Å². The number of nitrogens with zero attached hydrogens (tertiary/aromatic N) is 3. The van der Waals surface area contributed by atoms with Crippen molar-refractivity contribution in [3.8, 4) is 5.13 Å². The van der Waals surface area contributed by atoms with Crippen LogP contribution in [-0.4, -0.2) is 14.8 Å². The Hall–Kier alpha value is -0.680. The molecule has 2 heterocycles. The molecule has 5 heteroatoms. The summed E-state index contributed by atoms with van der Waals surface area (Å²) in [5.74, 6) is 0. The van der Waals surface area contributed by atoms with Crippen LogP contribution in [0, 0.1) is 13.8 Å². The summed E-state index contributed by atoms with van der Waals surface area (Å²) in [4.78, 5) is 0. The van der Waals surface area contributed by atoms with Crippen LogP contribution in [0.25, 0.3) is 5.13 Å². The van der Waals surface area contributed by atoms with Gasteiger partial charge in [-0.25, -0.2) is 0 Å². The Morgan fingerprint density at radius 3 is 2.31 bits per heavy atom. The van der Waals surface area contributed by atoms with Gasteiger partial charge in [-0.1, -0.05) is 11.3 Å². The second-order valence-corrected chi connectivity index (χ2v) is 5.02. The molecule has 2 aromatic rings. The van der Waals surface area contributed by atoms with Gasteiger partial charge in [0.05, 0.1) is 0 Å². The Morgan fingerprint density at radius 2 is 1.85 bits per heavy atom. The standard InChI is InChI=1S/C8H8BrN3S/c1-5-3-4-6(2)12(5)8-11-10-7(9)13-8/h3-4H,1-2H3. The lowest BCUT2D eigenvalue weighted by Crippen LogP contribution is -1.97. The number of halogens is 1. The Balaban J connectivity index is 2.57. The van der Waals surface area contributed by atoms with Crippen molar-refractivity contribution in [3.05, 3.63) is 27.4 Å². The summed E-state index contributed by atoms with van der Waals surface area (Å²) in [6.45, 7) is 4.12. The molecule has 0 aromatic carbocycles. The molecule has 0 aliphatic carbocycles. The molecule has 3 nitrogen and oxygen atoms in total. The van der Waals surface area contributed by atoms with E-state index in [1.54, 1.807) is 0 Å². The molecule has 13 heavy (non-hydrogen) atoms. The highest BCUT2D eigenvalue weighted by atomic mass is 79.9. The predicted octanol–water partition coefficient (Wildman–Crippen LogP) is 2.71. The molecule has 68 valence electrons. The molecule has 0 radical (unpaired) electrons. The average molecular weight is 258 g/mol. The fourth-order valence-corrected chi connectivity index (χ4v) is 2.47. The maximum absolute atomic E-state index is 4.06. The van der Waals surface area contributed by atoms with Crippen LogP contribution >= 0.6 is 27.3 Å². The SMILES string of the molecule is Cc1ccc(C)n1-c1nnc(Br)s1. The molecule has 0 saturated heterocycles. The first kappa shape index (κ1) is 8.90. The van der Waals surface area contributed by atoms with Gasteiger partial charge in [0.2, 0.25) is 5.13 Å². The second kappa shape index (κ2) is 3.23. The quantitative estimate of drug-likeness (QED) is 0.787. The van der Waals surface area contributed by atoms with Crippen LogP contribution in [0.5, 0.6) is 0 Å². The van der Waals surface area contributed by atoms with Gasteiger partial charge >= 0.3 is 0 Å². The number of aryl methyl sites for hydroxylation is 2. The van der Waals surface area contributed by atoms with Crippen molar-refractivity contribution < 1.29 is 0 Å². The number of rotatable bonds is 1. The van der Waals surface area contributed by atoms with Gasteiger partial charge in [-0.3, -0.25) is 4.57 Å². The van der Waals surface area contributed by atoms with E-state index >= 15 is 0 Å². The molecule has 2 rings (SSSR count). The van der Waals surface area contributed by atoms with E-state index in [0.29, 0.717) is 0 Å². The average Bonchev–Trinajstić information content (AvgIpc) is 2.60. The lowest BCUT2D eigenvalue weighted by Gasteiger charge is -2.02. The third kappa shape index (κ3) is 1.53. The predicted molar refractivity (Wildman–Crippen MR) is 56.4 cm³/mol. The van der Waals surface area contributed by atoms with Gasteiger partial charge in [0.15, 0.2) is 3.92 Å². The fraction of sp³-hybridized carbons (Fsp3) is 0.250. The number of hydrogen-bond donors (Lipinski definition) is 0. The van der Waals surface area contributed by atoms with E-state index < -0.39 is 0 Å². The summed E-state index contributed by atoms with van der Waals surface area (Å²) in [6, 6.07) is 4.15. The van der Waals surface area contributed by atoms with Gasteiger partial charge in [0.25, 0.3) is 0 Å². The summed E-state index contributed by atoms with van der Waals surface area (Å²) in [5.41, 5.74) is 2.36. The molecule has 0 saturated carbocycles. The fourth-order valence-electron chi connectivity index (χ4n) is 1.26. The zero-order valence-electron chi connectivity index (χ0n) is 7.28. The van der Waals surface area contributed by atoms with E-state index in [4.69, 9.17) is 0 Å². The second-order valence-electron chi connectivity index (χ2n) is 2.79. The normalized spacial score (nSPS) is 10.7. The Bertz CT molecular complexity index is 413. The molecule has 0 aliphatic heterocycles. The highest BCUT2D eigenvalue weighted by Crippen LogP contribution is 2.22. The topological polar surface area (TPSA) is 30.7 Å².